The van der Waals surface area contributed by atoms with E-state index in [1.165, 1.54) is 0 Å². The minimum absolute atomic E-state index is 0.286. The number of nitrogens with two attached hydrogens (primary N) is 1. The maximum Gasteiger partial charge on any atom is 0.318 e. The molecular formula is C17H19N5O4S. The van der Waals surface area contributed by atoms with E-state index in [1.807, 2.05) is 24.3 Å². The number of para-hydroxylation sites is 2. The van der Waals surface area contributed by atoms with E-state index in [1.54, 1.807) is 17.6 Å². The van der Waals surface area contributed by atoms with Gasteiger partial charge in [0, 0.05) is 6.54 Å². The molecule has 0 aliphatic carbocycles. The van der Waals surface area contributed by atoms with Crippen LogP contribution in [-0.4, -0.2) is 38.6 Å². The number of carbonyl (C=O) groups is 2. The number of fused-ring (bicyclic) bond motifs is 1. The molecule has 2 atom stereocenters. The van der Waals surface area contributed by atoms with Gasteiger partial charge >= 0.3 is 6.03 Å². The van der Waals surface area contributed by atoms with Crippen molar-refractivity contribution in [1.82, 2.24) is 20.1 Å². The Balaban J connectivity index is 1.80. The van der Waals surface area contributed by atoms with Gasteiger partial charge in [0.1, 0.15) is 6.61 Å². The van der Waals surface area contributed by atoms with E-state index >= 15 is 0 Å². The van der Waals surface area contributed by atoms with Gasteiger partial charge in [0.05, 0.1) is 5.25 Å². The van der Waals surface area contributed by atoms with E-state index in [0.29, 0.717) is 29.0 Å². The van der Waals surface area contributed by atoms with Crippen molar-refractivity contribution in [3.05, 3.63) is 42.7 Å². The number of benzene rings is 1. The number of rotatable bonds is 6. The molecule has 2 heterocycles. The summed E-state index contributed by atoms with van der Waals surface area (Å²) < 4.78 is 13.5. The van der Waals surface area contributed by atoms with Gasteiger partial charge in [-0.05, 0) is 19.1 Å². The largest absolute Gasteiger partial charge is 0.485 e. The molecule has 0 saturated heterocycles. The molecule has 0 radical (unpaired) electrons. The lowest BCUT2D eigenvalue weighted by atomic mass is 10.2. The van der Waals surface area contributed by atoms with Crippen molar-refractivity contribution >= 4 is 23.7 Å². The van der Waals surface area contributed by atoms with E-state index in [9.17, 15) is 9.59 Å². The fraction of sp³-hybridized carbons (Fsp3) is 0.294. The number of carbonyl (C=O) groups excluding carboxylic acids is 2. The summed E-state index contributed by atoms with van der Waals surface area (Å²) in [7, 11) is 0. The number of amides is 3. The van der Waals surface area contributed by atoms with Crippen LogP contribution in [-0.2, 0) is 11.3 Å². The van der Waals surface area contributed by atoms with Crippen LogP contribution in [0, 0.1) is 0 Å². The highest BCUT2D eigenvalue weighted by Crippen LogP contribution is 2.36. The standard InChI is InChI=1S/C17H19N5O4S/c1-3-8-22-14(13-9-25-11-6-4-5-7-12(11)26-13)20-21-17(22)27-10(2)15(23)19-16(18)24/h3-7,10,13H,1,8-9H2,2H3,(H3,18,19,23,24)/t10-,13+/m1/s1. The topological polar surface area (TPSA) is 121 Å². The minimum Gasteiger partial charge on any atom is -0.485 e. The Morgan fingerprint density at radius 2 is 2.19 bits per heavy atom. The normalized spacial score (nSPS) is 16.4. The molecule has 1 aliphatic heterocycles. The van der Waals surface area contributed by atoms with Gasteiger partial charge in [-0.2, -0.15) is 0 Å². The molecule has 0 bridgehead atoms. The van der Waals surface area contributed by atoms with Crippen molar-refractivity contribution in [2.45, 2.75) is 30.0 Å². The zero-order chi connectivity index (χ0) is 19.4. The second-order valence-electron chi connectivity index (χ2n) is 5.72. The molecule has 9 nitrogen and oxygen atoms in total. The summed E-state index contributed by atoms with van der Waals surface area (Å²) in [6.45, 7) is 6.11. The zero-order valence-corrected chi connectivity index (χ0v) is 15.4. The van der Waals surface area contributed by atoms with Crippen molar-refractivity contribution in [2.75, 3.05) is 6.61 Å². The number of ether oxygens (including phenoxy) is 2. The summed E-state index contributed by atoms with van der Waals surface area (Å²) in [6, 6.07) is 6.49. The van der Waals surface area contributed by atoms with Crippen LogP contribution in [0.25, 0.3) is 0 Å². The lowest BCUT2D eigenvalue weighted by Crippen LogP contribution is -2.39. The van der Waals surface area contributed by atoms with Crippen LogP contribution < -0.4 is 20.5 Å². The number of hydrogen-bond donors (Lipinski definition) is 2. The second kappa shape index (κ2) is 8.12. The van der Waals surface area contributed by atoms with Crippen molar-refractivity contribution in [2.24, 2.45) is 5.73 Å². The van der Waals surface area contributed by atoms with Crippen LogP contribution in [0.4, 0.5) is 4.79 Å². The van der Waals surface area contributed by atoms with Gasteiger partial charge in [-0.25, -0.2) is 4.79 Å². The summed E-state index contributed by atoms with van der Waals surface area (Å²) in [5.74, 6) is 1.36. The molecule has 1 aliphatic rings. The van der Waals surface area contributed by atoms with E-state index in [4.69, 9.17) is 15.2 Å². The number of imide groups is 1. The summed E-state index contributed by atoms with van der Waals surface area (Å²) in [5.41, 5.74) is 4.99. The van der Waals surface area contributed by atoms with E-state index in [-0.39, 0.29) is 6.61 Å². The monoisotopic (exact) mass is 389 g/mol. The van der Waals surface area contributed by atoms with Crippen molar-refractivity contribution in [3.63, 3.8) is 0 Å². The Morgan fingerprint density at radius 1 is 1.44 bits per heavy atom. The minimum atomic E-state index is -0.896. The van der Waals surface area contributed by atoms with E-state index in [2.05, 4.69) is 22.1 Å². The van der Waals surface area contributed by atoms with Crippen LogP contribution in [0.3, 0.4) is 0 Å². The highest BCUT2D eigenvalue weighted by molar-refractivity contribution is 8.00. The van der Waals surface area contributed by atoms with Gasteiger partial charge in [-0.15, -0.1) is 16.8 Å². The first-order valence-corrected chi connectivity index (χ1v) is 9.07. The average Bonchev–Trinajstić information content (AvgIpc) is 3.03. The molecule has 0 saturated carbocycles. The molecule has 1 aromatic carbocycles. The highest BCUT2D eigenvalue weighted by atomic mass is 32.2. The number of nitrogens with zero attached hydrogens (tertiary/aromatic N) is 3. The molecule has 0 fully saturated rings. The smallest absolute Gasteiger partial charge is 0.318 e. The van der Waals surface area contributed by atoms with Gasteiger partial charge in [0.2, 0.25) is 5.91 Å². The van der Waals surface area contributed by atoms with Gasteiger partial charge in [0.25, 0.3) is 0 Å². The van der Waals surface area contributed by atoms with Gasteiger partial charge in [-0.3, -0.25) is 14.7 Å². The molecule has 3 rings (SSSR count). The van der Waals surface area contributed by atoms with Crippen molar-refractivity contribution in [3.8, 4) is 11.5 Å². The number of hydrogen-bond acceptors (Lipinski definition) is 7. The molecule has 2 aromatic rings. The van der Waals surface area contributed by atoms with E-state index in [0.717, 1.165) is 11.8 Å². The average molecular weight is 389 g/mol. The van der Waals surface area contributed by atoms with Gasteiger partial charge in [0.15, 0.2) is 28.6 Å². The SMILES string of the molecule is C=CCn1c(S[C@H](C)C(=O)NC(N)=O)nnc1[C@@H]1COc2ccccc2O1. The number of aromatic nitrogens is 3. The molecule has 27 heavy (non-hydrogen) atoms. The van der Waals surface area contributed by atoms with Gasteiger partial charge in [-0.1, -0.05) is 30.0 Å². The first-order valence-electron chi connectivity index (χ1n) is 8.19. The summed E-state index contributed by atoms with van der Waals surface area (Å²) in [6.07, 6.45) is 1.25. The number of thioether (sulfide) groups is 1. The van der Waals surface area contributed by atoms with Crippen LogP contribution in [0.15, 0.2) is 42.1 Å². The molecule has 10 heteroatoms. The predicted molar refractivity (Wildman–Crippen MR) is 98.6 cm³/mol. The highest BCUT2D eigenvalue weighted by Gasteiger charge is 2.29. The maximum absolute atomic E-state index is 11.9. The zero-order valence-electron chi connectivity index (χ0n) is 14.6. The molecule has 142 valence electrons. The maximum atomic E-state index is 11.9. The molecule has 3 amide bonds. The van der Waals surface area contributed by atoms with Crippen LogP contribution >= 0.6 is 11.8 Å². The fourth-order valence-corrected chi connectivity index (χ4v) is 3.37. The predicted octanol–water partition coefficient (Wildman–Crippen LogP) is 1.65. The first kappa shape index (κ1) is 18.8. The van der Waals surface area contributed by atoms with Crippen LogP contribution in [0.1, 0.15) is 18.9 Å². The Bertz CT molecular complexity index is 869. The molecular weight excluding hydrogens is 370 g/mol. The Hall–Kier alpha value is -3.01. The van der Waals surface area contributed by atoms with Crippen molar-refractivity contribution in [1.29, 1.82) is 0 Å². The van der Waals surface area contributed by atoms with Crippen LogP contribution in [0.5, 0.6) is 11.5 Å². The third-order valence-corrected chi connectivity index (χ3v) is 4.83. The Morgan fingerprint density at radius 3 is 2.89 bits per heavy atom. The van der Waals surface area contributed by atoms with Crippen LogP contribution in [0.2, 0.25) is 0 Å². The fourth-order valence-electron chi connectivity index (χ4n) is 2.51. The van der Waals surface area contributed by atoms with Gasteiger partial charge < -0.3 is 15.2 Å². The number of nitrogens with one attached hydrogen (secondary N) is 1. The quantitative estimate of drug-likeness (QED) is 0.569. The van der Waals surface area contributed by atoms with E-state index < -0.39 is 23.3 Å². The Kier molecular flexibility index (Phi) is 5.65. The number of allylic oxidation sites excluding steroid dienone is 1. The third kappa shape index (κ3) is 4.22. The molecule has 1 aromatic heterocycles. The summed E-state index contributed by atoms with van der Waals surface area (Å²) in [5, 5.41) is 10.3. The molecule has 0 unspecified atom stereocenters. The van der Waals surface area contributed by atoms with Crippen molar-refractivity contribution < 1.29 is 19.1 Å². The lowest BCUT2D eigenvalue weighted by molar-refractivity contribution is -0.119. The third-order valence-electron chi connectivity index (χ3n) is 3.75. The summed E-state index contributed by atoms with van der Waals surface area (Å²) in [4.78, 5) is 22.8. The second-order valence-corrected chi connectivity index (χ2v) is 7.03. The molecule has 0 spiro atoms. The number of primary amides is 1. The Labute approximate surface area is 159 Å². The summed E-state index contributed by atoms with van der Waals surface area (Å²) >= 11 is 1.16. The first-order chi connectivity index (χ1) is 13.0. The number of urea groups is 1. The lowest BCUT2D eigenvalue weighted by Gasteiger charge is -2.26. The molecule has 3 N–H and O–H groups in total.